The zero-order valence-electron chi connectivity index (χ0n) is 12.3. The monoisotopic (exact) mass is 350 g/mol. The van der Waals surface area contributed by atoms with Crippen LogP contribution in [-0.2, 0) is 10.0 Å². The molecule has 0 atom stereocenters. The molecule has 0 saturated heterocycles. The van der Waals surface area contributed by atoms with Gasteiger partial charge in [-0.25, -0.2) is 26.7 Å². The molecule has 9 heteroatoms. The van der Waals surface area contributed by atoms with Crippen LogP contribution in [0.1, 0.15) is 24.6 Å². The van der Waals surface area contributed by atoms with Crippen LogP contribution in [0.2, 0.25) is 0 Å². The van der Waals surface area contributed by atoms with E-state index in [2.05, 4.69) is 14.8 Å². The van der Waals surface area contributed by atoms with E-state index in [-0.39, 0.29) is 5.69 Å². The lowest BCUT2D eigenvalue weighted by atomic mass is 10.3. The van der Waals surface area contributed by atoms with Crippen LogP contribution in [0.25, 0.3) is 5.65 Å². The van der Waals surface area contributed by atoms with Crippen molar-refractivity contribution in [2.24, 2.45) is 0 Å². The lowest BCUT2D eigenvalue weighted by Gasteiger charge is -2.09. The van der Waals surface area contributed by atoms with E-state index < -0.39 is 26.6 Å². The molecule has 1 aromatic carbocycles. The standard InChI is InChI=1S/C15H12F2N4O2S/c16-10-5-6-11(17)13(8-10)24(22,23)20-12-2-1-7-21-15(12)18-14(19-21)9-3-4-9/h1-2,5-9,20H,3-4H2. The van der Waals surface area contributed by atoms with Gasteiger partial charge in [-0.15, -0.1) is 0 Å². The van der Waals surface area contributed by atoms with Crippen molar-refractivity contribution in [1.29, 1.82) is 0 Å². The Kier molecular flexibility index (Phi) is 3.27. The molecule has 1 fully saturated rings. The van der Waals surface area contributed by atoms with E-state index in [1.807, 2.05) is 0 Å². The van der Waals surface area contributed by atoms with Crippen molar-refractivity contribution in [3.63, 3.8) is 0 Å². The van der Waals surface area contributed by atoms with Crippen LogP contribution in [-0.4, -0.2) is 23.0 Å². The summed E-state index contributed by atoms with van der Waals surface area (Å²) in [5.74, 6) is -0.918. The Labute approximate surface area is 136 Å². The van der Waals surface area contributed by atoms with E-state index >= 15 is 0 Å². The molecular weight excluding hydrogens is 338 g/mol. The zero-order valence-corrected chi connectivity index (χ0v) is 13.1. The first-order valence-electron chi connectivity index (χ1n) is 7.27. The molecular formula is C15H12F2N4O2S. The Balaban J connectivity index is 1.76. The molecule has 1 saturated carbocycles. The number of nitrogens with one attached hydrogen (secondary N) is 1. The smallest absolute Gasteiger partial charge is 0.265 e. The average molecular weight is 350 g/mol. The molecule has 2 aromatic heterocycles. The highest BCUT2D eigenvalue weighted by atomic mass is 32.2. The van der Waals surface area contributed by atoms with Crippen LogP contribution < -0.4 is 4.72 Å². The summed E-state index contributed by atoms with van der Waals surface area (Å²) in [6, 6.07) is 5.35. The molecule has 0 spiro atoms. The van der Waals surface area contributed by atoms with Gasteiger partial charge in [0, 0.05) is 12.1 Å². The maximum atomic E-state index is 13.8. The minimum Gasteiger partial charge on any atom is -0.276 e. The van der Waals surface area contributed by atoms with Crippen LogP contribution in [0.4, 0.5) is 14.5 Å². The molecule has 1 aliphatic rings. The lowest BCUT2D eigenvalue weighted by Crippen LogP contribution is -2.15. The van der Waals surface area contributed by atoms with Gasteiger partial charge in [0.15, 0.2) is 11.5 Å². The largest absolute Gasteiger partial charge is 0.276 e. The topological polar surface area (TPSA) is 76.4 Å². The molecule has 0 amide bonds. The summed E-state index contributed by atoms with van der Waals surface area (Å²) < 4.78 is 55.6. The quantitative estimate of drug-likeness (QED) is 0.785. The molecule has 3 aromatic rings. The fourth-order valence-corrected chi connectivity index (χ4v) is 3.55. The van der Waals surface area contributed by atoms with Crippen molar-refractivity contribution in [2.45, 2.75) is 23.7 Å². The highest BCUT2D eigenvalue weighted by Gasteiger charge is 2.29. The van der Waals surface area contributed by atoms with Gasteiger partial charge in [0.2, 0.25) is 0 Å². The second-order valence-electron chi connectivity index (χ2n) is 5.61. The second kappa shape index (κ2) is 5.23. The summed E-state index contributed by atoms with van der Waals surface area (Å²) in [7, 11) is -4.30. The summed E-state index contributed by atoms with van der Waals surface area (Å²) in [6.45, 7) is 0. The van der Waals surface area contributed by atoms with Gasteiger partial charge in [0.1, 0.15) is 16.5 Å². The number of sulfonamides is 1. The van der Waals surface area contributed by atoms with Crippen LogP contribution in [0.15, 0.2) is 41.4 Å². The minimum absolute atomic E-state index is 0.153. The number of benzene rings is 1. The third-order valence-corrected chi connectivity index (χ3v) is 5.13. The van der Waals surface area contributed by atoms with Gasteiger partial charge < -0.3 is 0 Å². The fourth-order valence-electron chi connectivity index (χ4n) is 2.40. The number of hydrogen-bond acceptors (Lipinski definition) is 4. The van der Waals surface area contributed by atoms with Crippen LogP contribution in [0, 0.1) is 11.6 Å². The number of rotatable bonds is 4. The third-order valence-electron chi connectivity index (χ3n) is 3.75. The van der Waals surface area contributed by atoms with E-state index in [1.165, 1.54) is 10.6 Å². The Morgan fingerprint density at radius 3 is 2.75 bits per heavy atom. The highest BCUT2D eigenvalue weighted by molar-refractivity contribution is 7.92. The number of pyridine rings is 1. The third kappa shape index (κ3) is 2.60. The first-order chi connectivity index (χ1) is 11.4. The van der Waals surface area contributed by atoms with Gasteiger partial charge in [-0.1, -0.05) is 0 Å². The number of halogens is 2. The van der Waals surface area contributed by atoms with Gasteiger partial charge in [-0.3, -0.25) is 4.72 Å². The first kappa shape index (κ1) is 15.0. The van der Waals surface area contributed by atoms with E-state index in [0.29, 0.717) is 23.5 Å². The highest BCUT2D eigenvalue weighted by Crippen LogP contribution is 2.38. The lowest BCUT2D eigenvalue weighted by molar-refractivity contribution is 0.555. The van der Waals surface area contributed by atoms with E-state index in [4.69, 9.17) is 0 Å². The molecule has 24 heavy (non-hydrogen) atoms. The van der Waals surface area contributed by atoms with Crippen molar-refractivity contribution in [3.05, 3.63) is 54.0 Å². The number of nitrogens with zero attached hydrogens (tertiary/aromatic N) is 3. The number of fused-ring (bicyclic) bond motifs is 1. The Morgan fingerprint density at radius 2 is 2.00 bits per heavy atom. The van der Waals surface area contributed by atoms with Gasteiger partial charge >= 0.3 is 0 Å². The van der Waals surface area contributed by atoms with Crippen LogP contribution in [0.3, 0.4) is 0 Å². The molecule has 0 radical (unpaired) electrons. The molecule has 2 heterocycles. The molecule has 4 rings (SSSR count). The predicted molar refractivity (Wildman–Crippen MR) is 82.1 cm³/mol. The molecule has 6 nitrogen and oxygen atoms in total. The normalized spacial score (nSPS) is 14.9. The second-order valence-corrected chi connectivity index (χ2v) is 7.27. The summed E-state index contributed by atoms with van der Waals surface area (Å²) >= 11 is 0. The maximum absolute atomic E-state index is 13.8. The summed E-state index contributed by atoms with van der Waals surface area (Å²) in [5.41, 5.74) is 0.473. The summed E-state index contributed by atoms with van der Waals surface area (Å²) in [5, 5.41) is 4.31. The predicted octanol–water partition coefficient (Wildman–Crippen LogP) is 2.69. The molecule has 0 bridgehead atoms. The van der Waals surface area contributed by atoms with Crippen molar-refractivity contribution >= 4 is 21.4 Å². The molecule has 0 unspecified atom stereocenters. The first-order valence-corrected chi connectivity index (χ1v) is 8.75. The van der Waals surface area contributed by atoms with Gasteiger partial charge in [0.25, 0.3) is 10.0 Å². The van der Waals surface area contributed by atoms with Crippen LogP contribution >= 0.6 is 0 Å². The minimum atomic E-state index is -4.30. The van der Waals surface area contributed by atoms with Crippen molar-refractivity contribution in [3.8, 4) is 0 Å². The molecule has 1 aliphatic carbocycles. The van der Waals surface area contributed by atoms with Crippen molar-refractivity contribution in [1.82, 2.24) is 14.6 Å². The van der Waals surface area contributed by atoms with E-state index in [1.54, 1.807) is 12.3 Å². The summed E-state index contributed by atoms with van der Waals surface area (Å²) in [6.07, 6.45) is 3.66. The number of hydrogen-bond donors (Lipinski definition) is 1. The Bertz CT molecular complexity index is 1040. The number of aromatic nitrogens is 3. The Hall–Kier alpha value is -2.55. The van der Waals surface area contributed by atoms with E-state index in [9.17, 15) is 17.2 Å². The van der Waals surface area contributed by atoms with E-state index in [0.717, 1.165) is 25.0 Å². The fraction of sp³-hybridized carbons (Fsp3) is 0.200. The molecule has 0 aliphatic heterocycles. The van der Waals surface area contributed by atoms with Crippen LogP contribution in [0.5, 0.6) is 0 Å². The van der Waals surface area contributed by atoms with Crippen molar-refractivity contribution < 1.29 is 17.2 Å². The number of anilines is 1. The average Bonchev–Trinajstić information content (AvgIpc) is 3.29. The Morgan fingerprint density at radius 1 is 1.21 bits per heavy atom. The summed E-state index contributed by atoms with van der Waals surface area (Å²) in [4.78, 5) is 3.59. The zero-order chi connectivity index (χ0) is 16.9. The van der Waals surface area contributed by atoms with Gasteiger partial charge in [-0.05, 0) is 43.2 Å². The van der Waals surface area contributed by atoms with Gasteiger partial charge in [0.05, 0.1) is 5.69 Å². The van der Waals surface area contributed by atoms with Gasteiger partial charge in [-0.2, -0.15) is 5.10 Å². The molecule has 1 N–H and O–H groups in total. The maximum Gasteiger partial charge on any atom is 0.265 e. The molecule has 124 valence electrons. The SMILES string of the molecule is O=S(=O)(Nc1cccn2nc(C3CC3)nc12)c1cc(F)ccc1F. The van der Waals surface area contributed by atoms with Crippen molar-refractivity contribution in [2.75, 3.05) is 4.72 Å².